The molecule has 0 saturated carbocycles. The number of nitrogens with zero attached hydrogens (tertiary/aromatic N) is 5. The molecule has 1 unspecified atom stereocenters. The molecule has 26 heavy (non-hydrogen) atoms. The van der Waals surface area contributed by atoms with Crippen molar-refractivity contribution >= 4 is 0 Å². The van der Waals surface area contributed by atoms with Crippen LogP contribution in [-0.2, 0) is 0 Å². The van der Waals surface area contributed by atoms with Gasteiger partial charge in [0.05, 0.1) is 0 Å². The van der Waals surface area contributed by atoms with Gasteiger partial charge in [-0.25, -0.2) is 5.01 Å². The van der Waals surface area contributed by atoms with Crippen molar-refractivity contribution in [1.82, 2.24) is 20.6 Å². The van der Waals surface area contributed by atoms with E-state index in [-0.39, 0.29) is 11.7 Å². The van der Waals surface area contributed by atoms with Crippen molar-refractivity contribution in [2.75, 3.05) is 0 Å². The quantitative estimate of drug-likeness (QED) is 0.899. The second-order valence-electron chi connectivity index (χ2n) is 5.43. The first-order chi connectivity index (χ1) is 12.4. The standard InChI is InChI=1S/C15H11F3N6O2/c1-8-19-13(23-26-8)9-2-4-10(5-3-9)25-12-7-6-11-20-21-14(15(16,17)18)24(11)22-12/h2-7,14,22H,1H3. The number of halogens is 3. The fourth-order valence-corrected chi connectivity index (χ4v) is 2.36. The number of aromatic nitrogens is 2. The molecule has 3 heterocycles. The Morgan fingerprint density at radius 2 is 1.96 bits per heavy atom. The number of hydrazine groups is 1. The van der Waals surface area contributed by atoms with Gasteiger partial charge in [0.25, 0.3) is 6.17 Å². The zero-order valence-corrected chi connectivity index (χ0v) is 13.2. The minimum absolute atomic E-state index is 0.0579. The Hall–Kier alpha value is -3.37. The minimum Gasteiger partial charge on any atom is -0.440 e. The highest BCUT2D eigenvalue weighted by Gasteiger charge is 2.49. The molecule has 8 nitrogen and oxygen atoms in total. The van der Waals surface area contributed by atoms with Gasteiger partial charge < -0.3 is 9.26 Å². The van der Waals surface area contributed by atoms with Gasteiger partial charge in [0.1, 0.15) is 5.75 Å². The highest BCUT2D eigenvalue weighted by Crippen LogP contribution is 2.34. The molecule has 11 heteroatoms. The first-order valence-electron chi connectivity index (χ1n) is 7.44. The molecule has 1 aromatic heterocycles. The SMILES string of the molecule is Cc1nc(-c2ccc(OC3=CC=C4N=NC(C(F)(F)F)N4N3)cc2)no1. The van der Waals surface area contributed by atoms with Crippen LogP contribution in [0.4, 0.5) is 13.2 Å². The molecule has 1 N–H and O–H groups in total. The number of nitrogens with one attached hydrogen (secondary N) is 1. The number of allylic oxidation sites excluding steroid dienone is 2. The molecular formula is C15H11F3N6O2. The van der Waals surface area contributed by atoms with Crippen molar-refractivity contribution in [1.29, 1.82) is 0 Å². The predicted octanol–water partition coefficient (Wildman–Crippen LogP) is 3.28. The number of ether oxygens (including phenoxy) is 1. The van der Waals surface area contributed by atoms with Crippen LogP contribution in [-0.4, -0.2) is 27.5 Å². The molecular weight excluding hydrogens is 353 g/mol. The van der Waals surface area contributed by atoms with Crippen molar-refractivity contribution in [3.05, 3.63) is 54.0 Å². The van der Waals surface area contributed by atoms with E-state index in [4.69, 9.17) is 9.26 Å². The Kier molecular flexibility index (Phi) is 3.63. The Morgan fingerprint density at radius 3 is 2.62 bits per heavy atom. The van der Waals surface area contributed by atoms with Crippen LogP contribution >= 0.6 is 0 Å². The van der Waals surface area contributed by atoms with Gasteiger partial charge in [0.2, 0.25) is 17.6 Å². The lowest BCUT2D eigenvalue weighted by Gasteiger charge is -2.29. The summed E-state index contributed by atoms with van der Waals surface area (Å²) in [5.74, 6) is 1.47. The van der Waals surface area contributed by atoms with Crippen LogP contribution < -0.4 is 10.2 Å². The summed E-state index contributed by atoms with van der Waals surface area (Å²) in [6.07, 6.45) is -3.79. The average molecular weight is 364 g/mol. The Bertz CT molecular complexity index is 916. The van der Waals surface area contributed by atoms with E-state index in [2.05, 4.69) is 25.8 Å². The molecule has 1 aromatic carbocycles. The van der Waals surface area contributed by atoms with Crippen LogP contribution in [0.25, 0.3) is 11.4 Å². The van der Waals surface area contributed by atoms with E-state index < -0.39 is 12.3 Å². The smallest absolute Gasteiger partial charge is 0.432 e. The monoisotopic (exact) mass is 364 g/mol. The summed E-state index contributed by atoms with van der Waals surface area (Å²) in [5, 5.41) is 11.3. The average Bonchev–Trinajstić information content (AvgIpc) is 3.21. The number of alkyl halides is 3. The highest BCUT2D eigenvalue weighted by molar-refractivity contribution is 5.55. The molecule has 0 spiro atoms. The van der Waals surface area contributed by atoms with Crippen LogP contribution in [0, 0.1) is 6.92 Å². The molecule has 0 amide bonds. The highest BCUT2D eigenvalue weighted by atomic mass is 19.4. The molecule has 134 valence electrons. The maximum absolute atomic E-state index is 13.0. The van der Waals surface area contributed by atoms with Crippen molar-refractivity contribution in [2.45, 2.75) is 19.3 Å². The summed E-state index contributed by atoms with van der Waals surface area (Å²) in [6, 6.07) is 6.71. The van der Waals surface area contributed by atoms with E-state index in [9.17, 15) is 13.2 Å². The largest absolute Gasteiger partial charge is 0.440 e. The number of benzene rings is 1. The maximum atomic E-state index is 13.0. The Morgan fingerprint density at radius 1 is 1.19 bits per heavy atom. The van der Waals surface area contributed by atoms with Crippen molar-refractivity contribution in [2.24, 2.45) is 10.2 Å². The van der Waals surface area contributed by atoms with E-state index in [0.29, 0.717) is 17.5 Å². The fourth-order valence-electron chi connectivity index (χ4n) is 2.36. The summed E-state index contributed by atoms with van der Waals surface area (Å²) >= 11 is 0. The number of aryl methyl sites for hydroxylation is 1. The third kappa shape index (κ3) is 2.98. The Labute approximate surface area is 144 Å². The second kappa shape index (κ2) is 5.86. The van der Waals surface area contributed by atoms with Gasteiger partial charge in [0, 0.05) is 18.6 Å². The zero-order chi connectivity index (χ0) is 18.3. The lowest BCUT2D eigenvalue weighted by Crippen LogP contribution is -2.49. The van der Waals surface area contributed by atoms with Gasteiger partial charge in [-0.15, -0.1) is 10.2 Å². The molecule has 1 atom stereocenters. The van der Waals surface area contributed by atoms with Crippen LogP contribution in [0.3, 0.4) is 0 Å². The van der Waals surface area contributed by atoms with E-state index >= 15 is 0 Å². The molecule has 2 aliphatic heterocycles. The summed E-state index contributed by atoms with van der Waals surface area (Å²) < 4.78 is 49.3. The van der Waals surface area contributed by atoms with Crippen LogP contribution in [0.1, 0.15) is 5.89 Å². The molecule has 0 aliphatic carbocycles. The molecule has 0 fully saturated rings. The summed E-state index contributed by atoms with van der Waals surface area (Å²) in [5.41, 5.74) is 3.25. The summed E-state index contributed by atoms with van der Waals surface area (Å²) in [4.78, 5) is 4.11. The van der Waals surface area contributed by atoms with E-state index in [1.54, 1.807) is 31.2 Å². The topological polar surface area (TPSA) is 88.1 Å². The lowest BCUT2D eigenvalue weighted by atomic mass is 10.2. The molecule has 0 bridgehead atoms. The number of rotatable bonds is 3. The van der Waals surface area contributed by atoms with Gasteiger partial charge in [-0.05, 0) is 30.3 Å². The third-order valence-electron chi connectivity index (χ3n) is 3.54. The Balaban J connectivity index is 1.47. The lowest BCUT2D eigenvalue weighted by molar-refractivity contribution is -0.179. The van der Waals surface area contributed by atoms with Gasteiger partial charge >= 0.3 is 6.18 Å². The first kappa shape index (κ1) is 16.1. The normalized spacial score (nSPS) is 18.9. The van der Waals surface area contributed by atoms with E-state index in [0.717, 1.165) is 10.6 Å². The van der Waals surface area contributed by atoms with Crippen LogP contribution in [0.5, 0.6) is 5.75 Å². The number of hydrogen-bond acceptors (Lipinski definition) is 8. The molecule has 2 aromatic rings. The molecule has 0 saturated heterocycles. The van der Waals surface area contributed by atoms with Crippen LogP contribution in [0.15, 0.2) is 62.9 Å². The molecule has 2 aliphatic rings. The fraction of sp³-hybridized carbons (Fsp3) is 0.200. The van der Waals surface area contributed by atoms with Crippen molar-refractivity contribution in [3.8, 4) is 17.1 Å². The van der Waals surface area contributed by atoms with Crippen molar-refractivity contribution < 1.29 is 22.4 Å². The number of fused-ring (bicyclic) bond motifs is 1. The third-order valence-corrected chi connectivity index (χ3v) is 3.54. The van der Waals surface area contributed by atoms with E-state index in [1.807, 2.05) is 0 Å². The van der Waals surface area contributed by atoms with Gasteiger partial charge in [-0.1, -0.05) is 5.16 Å². The summed E-state index contributed by atoms with van der Waals surface area (Å²) in [6.45, 7) is 1.68. The number of hydrogen-bond donors (Lipinski definition) is 1. The molecule has 4 rings (SSSR count). The van der Waals surface area contributed by atoms with Crippen LogP contribution in [0.2, 0.25) is 0 Å². The van der Waals surface area contributed by atoms with Gasteiger partial charge in [0.15, 0.2) is 5.82 Å². The number of azo groups is 1. The molecule has 0 radical (unpaired) electrons. The maximum Gasteiger partial charge on any atom is 0.432 e. The first-order valence-corrected chi connectivity index (χ1v) is 7.44. The summed E-state index contributed by atoms with van der Waals surface area (Å²) in [7, 11) is 0. The van der Waals surface area contributed by atoms with Gasteiger partial charge in [-0.2, -0.15) is 18.2 Å². The minimum atomic E-state index is -4.56. The zero-order valence-electron chi connectivity index (χ0n) is 13.2. The van der Waals surface area contributed by atoms with Crippen molar-refractivity contribution in [3.63, 3.8) is 0 Å². The predicted molar refractivity (Wildman–Crippen MR) is 80.9 cm³/mol. The van der Waals surface area contributed by atoms with Gasteiger partial charge in [-0.3, -0.25) is 5.43 Å². The van der Waals surface area contributed by atoms with E-state index in [1.165, 1.54) is 12.2 Å². The second-order valence-corrected chi connectivity index (χ2v) is 5.43.